The normalized spacial score (nSPS) is 28.5. The molecule has 2 N–H and O–H groups in total. The second-order valence-corrected chi connectivity index (χ2v) is 8.81. The Morgan fingerprint density at radius 3 is 2.52 bits per heavy atom. The average Bonchev–Trinajstić information content (AvgIpc) is 2.75. The van der Waals surface area contributed by atoms with Crippen molar-refractivity contribution in [2.24, 2.45) is 0 Å². The topological polar surface area (TPSA) is 66.4 Å². The standard InChI is InChI=1S/C16H23NO3S/c1-10-3-4-14(18)16-13(9-11(2)15(10)16)17-12-5-7-21(19,20)8-6-12/h3-4,11-13,17-18H,5-9H2,1-2H3. The van der Waals surface area contributed by atoms with E-state index >= 15 is 0 Å². The van der Waals surface area contributed by atoms with Gasteiger partial charge in [-0.05, 0) is 49.3 Å². The minimum absolute atomic E-state index is 0.140. The van der Waals surface area contributed by atoms with Crippen molar-refractivity contribution in [3.8, 4) is 5.75 Å². The Hall–Kier alpha value is -1.07. The summed E-state index contributed by atoms with van der Waals surface area (Å²) in [6.45, 7) is 4.28. The summed E-state index contributed by atoms with van der Waals surface area (Å²) in [5.74, 6) is 1.34. The molecule has 0 radical (unpaired) electrons. The maximum absolute atomic E-state index is 11.5. The Morgan fingerprint density at radius 2 is 1.86 bits per heavy atom. The van der Waals surface area contributed by atoms with Gasteiger partial charge in [0.1, 0.15) is 15.6 Å². The number of nitrogens with one attached hydrogen (secondary N) is 1. The van der Waals surface area contributed by atoms with E-state index in [2.05, 4.69) is 19.2 Å². The van der Waals surface area contributed by atoms with E-state index in [1.807, 2.05) is 6.07 Å². The molecule has 1 aromatic carbocycles. The van der Waals surface area contributed by atoms with Gasteiger partial charge < -0.3 is 10.4 Å². The molecule has 21 heavy (non-hydrogen) atoms. The first-order chi connectivity index (χ1) is 9.87. The van der Waals surface area contributed by atoms with Gasteiger partial charge in [0, 0.05) is 17.6 Å². The third kappa shape index (κ3) is 2.81. The van der Waals surface area contributed by atoms with Gasteiger partial charge in [0.2, 0.25) is 0 Å². The third-order valence-corrected chi connectivity index (χ3v) is 6.62. The third-order valence-electron chi connectivity index (χ3n) is 4.90. The summed E-state index contributed by atoms with van der Waals surface area (Å²) < 4.78 is 23.0. The molecule has 0 saturated carbocycles. The molecule has 0 spiro atoms. The first-order valence-corrected chi connectivity index (χ1v) is 9.48. The SMILES string of the molecule is Cc1ccc(O)c2c1C(C)CC2NC1CCS(=O)(=O)CC1. The zero-order chi connectivity index (χ0) is 15.2. The van der Waals surface area contributed by atoms with E-state index < -0.39 is 9.84 Å². The first-order valence-electron chi connectivity index (χ1n) is 7.66. The fraction of sp³-hybridized carbons (Fsp3) is 0.625. The molecule has 0 aromatic heterocycles. The zero-order valence-electron chi connectivity index (χ0n) is 12.6. The molecule has 116 valence electrons. The average molecular weight is 309 g/mol. The Labute approximate surface area is 126 Å². The number of aryl methyl sites for hydroxylation is 1. The van der Waals surface area contributed by atoms with E-state index in [4.69, 9.17) is 0 Å². The monoisotopic (exact) mass is 309 g/mol. The van der Waals surface area contributed by atoms with Crippen LogP contribution in [0.25, 0.3) is 0 Å². The molecule has 2 aliphatic rings. The van der Waals surface area contributed by atoms with Crippen molar-refractivity contribution in [2.45, 2.75) is 51.1 Å². The fourth-order valence-electron chi connectivity index (χ4n) is 3.84. The molecule has 4 nitrogen and oxygen atoms in total. The smallest absolute Gasteiger partial charge is 0.150 e. The first kappa shape index (κ1) is 14.9. The number of fused-ring (bicyclic) bond motifs is 1. The Morgan fingerprint density at radius 1 is 1.19 bits per heavy atom. The van der Waals surface area contributed by atoms with Crippen LogP contribution in [0.4, 0.5) is 0 Å². The van der Waals surface area contributed by atoms with E-state index in [0.29, 0.717) is 24.5 Å². The second-order valence-electron chi connectivity index (χ2n) is 6.51. The maximum Gasteiger partial charge on any atom is 0.150 e. The molecule has 1 heterocycles. The van der Waals surface area contributed by atoms with Crippen LogP contribution in [0.2, 0.25) is 0 Å². The van der Waals surface area contributed by atoms with Crippen LogP contribution in [0.15, 0.2) is 12.1 Å². The minimum Gasteiger partial charge on any atom is -0.508 e. The van der Waals surface area contributed by atoms with E-state index in [-0.39, 0.29) is 23.6 Å². The number of hydrogen-bond donors (Lipinski definition) is 2. The molecule has 1 aliphatic heterocycles. The van der Waals surface area contributed by atoms with Crippen molar-refractivity contribution >= 4 is 9.84 Å². The van der Waals surface area contributed by atoms with Crippen molar-refractivity contribution in [3.63, 3.8) is 0 Å². The van der Waals surface area contributed by atoms with Crippen LogP contribution >= 0.6 is 0 Å². The number of hydrogen-bond acceptors (Lipinski definition) is 4. The number of aromatic hydroxyl groups is 1. The molecule has 1 aromatic rings. The molecule has 2 unspecified atom stereocenters. The highest BCUT2D eigenvalue weighted by Crippen LogP contribution is 2.46. The van der Waals surface area contributed by atoms with Crippen LogP contribution in [0.5, 0.6) is 5.75 Å². The summed E-state index contributed by atoms with van der Waals surface area (Å²) in [6.07, 6.45) is 2.32. The maximum atomic E-state index is 11.5. The Balaban J connectivity index is 1.79. The summed E-state index contributed by atoms with van der Waals surface area (Å²) in [7, 11) is -2.82. The number of benzene rings is 1. The number of rotatable bonds is 2. The largest absolute Gasteiger partial charge is 0.508 e. The van der Waals surface area contributed by atoms with Crippen LogP contribution in [0.3, 0.4) is 0 Å². The van der Waals surface area contributed by atoms with E-state index in [9.17, 15) is 13.5 Å². The van der Waals surface area contributed by atoms with E-state index in [0.717, 1.165) is 12.0 Å². The van der Waals surface area contributed by atoms with Gasteiger partial charge in [-0.3, -0.25) is 0 Å². The van der Waals surface area contributed by atoms with Gasteiger partial charge in [0.05, 0.1) is 11.5 Å². The zero-order valence-corrected chi connectivity index (χ0v) is 13.4. The molecule has 0 bridgehead atoms. The quantitative estimate of drug-likeness (QED) is 0.880. The van der Waals surface area contributed by atoms with Gasteiger partial charge in [-0.15, -0.1) is 0 Å². The summed E-state index contributed by atoms with van der Waals surface area (Å²) >= 11 is 0. The molecule has 0 amide bonds. The minimum atomic E-state index is -2.82. The van der Waals surface area contributed by atoms with Crippen molar-refractivity contribution in [2.75, 3.05) is 11.5 Å². The predicted octanol–water partition coefficient (Wildman–Crippen LogP) is 2.42. The van der Waals surface area contributed by atoms with E-state index in [1.165, 1.54) is 11.1 Å². The highest BCUT2D eigenvalue weighted by molar-refractivity contribution is 7.91. The predicted molar refractivity (Wildman–Crippen MR) is 83.4 cm³/mol. The fourth-order valence-corrected chi connectivity index (χ4v) is 5.33. The van der Waals surface area contributed by atoms with Crippen LogP contribution in [-0.2, 0) is 9.84 Å². The summed E-state index contributed by atoms with van der Waals surface area (Å²) in [4.78, 5) is 0. The van der Waals surface area contributed by atoms with Crippen molar-refractivity contribution in [3.05, 3.63) is 28.8 Å². The molecule has 3 rings (SSSR count). The summed E-state index contributed by atoms with van der Waals surface area (Å²) in [6, 6.07) is 4.11. The Kier molecular flexibility index (Phi) is 3.74. The lowest BCUT2D eigenvalue weighted by molar-refractivity contribution is 0.384. The molecule has 5 heteroatoms. The summed E-state index contributed by atoms with van der Waals surface area (Å²) in [5, 5.41) is 13.8. The molecule has 1 fully saturated rings. The van der Waals surface area contributed by atoms with Crippen molar-refractivity contribution in [1.82, 2.24) is 5.32 Å². The molecular weight excluding hydrogens is 286 g/mol. The lowest BCUT2D eigenvalue weighted by Gasteiger charge is -2.27. The van der Waals surface area contributed by atoms with Gasteiger partial charge in [0.15, 0.2) is 0 Å². The number of phenols is 1. The van der Waals surface area contributed by atoms with Gasteiger partial charge in [-0.2, -0.15) is 0 Å². The van der Waals surface area contributed by atoms with Gasteiger partial charge in [-0.25, -0.2) is 8.42 Å². The lowest BCUT2D eigenvalue weighted by Crippen LogP contribution is -2.39. The highest BCUT2D eigenvalue weighted by atomic mass is 32.2. The molecular formula is C16H23NO3S. The molecule has 1 aliphatic carbocycles. The Bertz CT molecular complexity index is 640. The van der Waals surface area contributed by atoms with Gasteiger partial charge in [0.25, 0.3) is 0 Å². The highest BCUT2D eigenvalue weighted by Gasteiger charge is 2.34. The van der Waals surface area contributed by atoms with Crippen molar-refractivity contribution < 1.29 is 13.5 Å². The second kappa shape index (κ2) is 5.29. The van der Waals surface area contributed by atoms with Gasteiger partial charge in [-0.1, -0.05) is 13.0 Å². The van der Waals surface area contributed by atoms with Crippen LogP contribution in [-0.4, -0.2) is 31.1 Å². The number of phenolic OH excluding ortho intramolecular Hbond substituents is 1. The lowest BCUT2D eigenvalue weighted by atomic mass is 9.97. The van der Waals surface area contributed by atoms with Crippen molar-refractivity contribution in [1.29, 1.82) is 0 Å². The van der Waals surface area contributed by atoms with Crippen LogP contribution in [0.1, 0.15) is 54.8 Å². The number of sulfone groups is 1. The molecule has 1 saturated heterocycles. The molecule has 2 atom stereocenters. The van der Waals surface area contributed by atoms with Crippen LogP contribution in [0, 0.1) is 6.92 Å². The van der Waals surface area contributed by atoms with Crippen LogP contribution < -0.4 is 5.32 Å². The van der Waals surface area contributed by atoms with E-state index in [1.54, 1.807) is 6.07 Å². The van der Waals surface area contributed by atoms with Gasteiger partial charge >= 0.3 is 0 Å². The summed E-state index contributed by atoms with van der Waals surface area (Å²) in [5.41, 5.74) is 3.51.